The minimum Gasteiger partial charge on any atom is -0.491 e. The van der Waals surface area contributed by atoms with Crippen molar-refractivity contribution in [1.29, 1.82) is 0 Å². The van der Waals surface area contributed by atoms with E-state index in [-0.39, 0.29) is 36.0 Å². The van der Waals surface area contributed by atoms with Crippen LogP contribution in [0.3, 0.4) is 0 Å². The lowest BCUT2D eigenvalue weighted by molar-refractivity contribution is 0.125. The lowest BCUT2D eigenvalue weighted by Gasteiger charge is -2.26. The Kier molecular flexibility index (Phi) is 12.5. The fourth-order valence-corrected chi connectivity index (χ4v) is 5.33. The number of ether oxygens (including phenoxy) is 2. The van der Waals surface area contributed by atoms with E-state index in [4.69, 9.17) is 24.1 Å². The Labute approximate surface area is 227 Å². The molecule has 2 unspecified atom stereocenters. The molecule has 0 aliphatic carbocycles. The molecule has 0 aliphatic heterocycles. The van der Waals surface area contributed by atoms with Crippen LogP contribution in [0.25, 0.3) is 0 Å². The number of unbranched alkanes of at least 4 members (excludes halogenated alkanes) is 1. The molecule has 0 heterocycles. The summed E-state index contributed by atoms with van der Waals surface area (Å²) in [5, 5.41) is 19.7. The van der Waals surface area contributed by atoms with E-state index in [1.165, 1.54) is 0 Å². The number of halogens is 2. The zero-order valence-corrected chi connectivity index (χ0v) is 23.8. The molecule has 2 aromatic rings. The van der Waals surface area contributed by atoms with Crippen LogP contribution in [0.1, 0.15) is 37.8 Å². The van der Waals surface area contributed by atoms with Gasteiger partial charge in [0.2, 0.25) is 0 Å². The fourth-order valence-electron chi connectivity index (χ4n) is 3.43. The first kappa shape index (κ1) is 30.1. The van der Waals surface area contributed by atoms with Gasteiger partial charge in [0.05, 0.1) is 24.0 Å². The SMILES string of the molecule is CC(C)(c1ccc(OCC(O)CCl)cc1)c1ccc(OCC(O)CS(=O)(=O)CCCCOI)cc1. The van der Waals surface area contributed by atoms with Crippen LogP contribution in [0.15, 0.2) is 48.5 Å². The highest BCUT2D eigenvalue weighted by atomic mass is 127. The van der Waals surface area contributed by atoms with E-state index < -0.39 is 22.0 Å². The fraction of sp³-hybridized carbons (Fsp3) is 0.520. The van der Waals surface area contributed by atoms with Gasteiger partial charge >= 0.3 is 0 Å². The molecule has 7 nitrogen and oxygen atoms in total. The summed E-state index contributed by atoms with van der Waals surface area (Å²) in [6, 6.07) is 15.2. The van der Waals surface area contributed by atoms with Crippen LogP contribution < -0.4 is 9.47 Å². The first-order valence-corrected chi connectivity index (χ1v) is 14.6. The maximum Gasteiger partial charge on any atom is 0.152 e. The average Bonchev–Trinajstić information content (AvgIpc) is 2.84. The molecule has 0 amide bonds. The molecule has 196 valence electrons. The molecule has 0 aliphatic rings. The summed E-state index contributed by atoms with van der Waals surface area (Å²) in [7, 11) is -3.35. The lowest BCUT2D eigenvalue weighted by atomic mass is 9.78. The minimum atomic E-state index is -3.35. The summed E-state index contributed by atoms with van der Waals surface area (Å²) in [6.45, 7) is 4.77. The Morgan fingerprint density at radius 3 is 1.83 bits per heavy atom. The second kappa shape index (κ2) is 14.6. The van der Waals surface area contributed by atoms with Gasteiger partial charge in [0.25, 0.3) is 0 Å². The van der Waals surface area contributed by atoms with Crippen molar-refractivity contribution in [2.45, 2.75) is 44.3 Å². The van der Waals surface area contributed by atoms with Crippen molar-refractivity contribution in [3.63, 3.8) is 0 Å². The van der Waals surface area contributed by atoms with Crippen LogP contribution in [-0.2, 0) is 18.3 Å². The third-order valence-electron chi connectivity index (χ3n) is 5.59. The van der Waals surface area contributed by atoms with E-state index in [9.17, 15) is 18.6 Å². The molecule has 0 radical (unpaired) electrons. The van der Waals surface area contributed by atoms with Gasteiger partial charge in [-0.25, -0.2) is 8.42 Å². The number of rotatable bonds is 16. The van der Waals surface area contributed by atoms with Crippen LogP contribution in [0.4, 0.5) is 0 Å². The second-order valence-corrected chi connectivity index (χ2v) is 12.1. The van der Waals surface area contributed by atoms with Gasteiger partial charge in [0, 0.05) is 5.41 Å². The Hall–Kier alpha value is -1.11. The van der Waals surface area contributed by atoms with Gasteiger partial charge in [-0.3, -0.25) is 0 Å². The molecule has 10 heteroatoms. The van der Waals surface area contributed by atoms with Gasteiger partial charge in [0.15, 0.2) is 9.84 Å². The summed E-state index contributed by atoms with van der Waals surface area (Å²) in [5.41, 5.74) is 1.86. The Bertz CT molecular complexity index is 982. The van der Waals surface area contributed by atoms with Crippen LogP contribution in [-0.4, -0.2) is 68.0 Å². The summed E-state index contributed by atoms with van der Waals surface area (Å²) in [6.07, 6.45) is -0.634. The molecule has 2 N–H and O–H groups in total. The summed E-state index contributed by atoms with van der Waals surface area (Å²) < 4.78 is 40.3. The smallest absolute Gasteiger partial charge is 0.152 e. The topological polar surface area (TPSA) is 102 Å². The molecule has 0 spiro atoms. The second-order valence-electron chi connectivity index (χ2n) is 8.89. The normalized spacial score (nSPS) is 13.9. The largest absolute Gasteiger partial charge is 0.491 e. The van der Waals surface area contributed by atoms with E-state index in [1.807, 2.05) is 48.5 Å². The number of benzene rings is 2. The van der Waals surface area contributed by atoms with Crippen molar-refractivity contribution < 1.29 is 31.2 Å². The number of aliphatic hydroxyl groups is 2. The standard InChI is InChI=1S/C25H34ClIO7S/c1-25(2,19-5-9-23(10-6-19)32-16-21(28)15-26)20-7-11-24(12-8-20)33-17-22(29)18-35(30,31)14-4-3-13-34-27/h5-12,21-22,28-29H,3-4,13-18H2,1-2H3. The third kappa shape index (κ3) is 10.4. The molecule has 0 aromatic heterocycles. The monoisotopic (exact) mass is 640 g/mol. The minimum absolute atomic E-state index is 0.0241. The molecule has 0 saturated heterocycles. The molecule has 2 rings (SSSR count). The van der Waals surface area contributed by atoms with Gasteiger partial charge in [-0.15, -0.1) is 11.6 Å². The molecular formula is C25H34ClIO7S. The van der Waals surface area contributed by atoms with Crippen molar-refractivity contribution in [3.8, 4) is 11.5 Å². The van der Waals surface area contributed by atoms with Crippen molar-refractivity contribution in [3.05, 3.63) is 59.7 Å². The number of hydrogen-bond donors (Lipinski definition) is 2. The highest BCUT2D eigenvalue weighted by Gasteiger charge is 2.23. The van der Waals surface area contributed by atoms with Gasteiger partial charge in [0.1, 0.15) is 59.9 Å². The molecule has 2 aromatic carbocycles. The summed E-state index contributed by atoms with van der Waals surface area (Å²) in [4.78, 5) is 0. The quantitative estimate of drug-likeness (QED) is 0.160. The summed E-state index contributed by atoms with van der Waals surface area (Å²) in [5.74, 6) is 1.04. The van der Waals surface area contributed by atoms with E-state index in [1.54, 1.807) is 23.0 Å². The van der Waals surface area contributed by atoms with Gasteiger partial charge in [-0.1, -0.05) is 38.1 Å². The zero-order valence-electron chi connectivity index (χ0n) is 20.0. The lowest BCUT2D eigenvalue weighted by Crippen LogP contribution is -2.28. The molecule has 0 fully saturated rings. The molecule has 0 saturated carbocycles. The van der Waals surface area contributed by atoms with Crippen LogP contribution >= 0.6 is 34.6 Å². The molecule has 35 heavy (non-hydrogen) atoms. The zero-order chi connectivity index (χ0) is 25.9. The highest BCUT2D eigenvalue weighted by molar-refractivity contribution is 14.1. The van der Waals surface area contributed by atoms with Crippen LogP contribution in [0.2, 0.25) is 0 Å². The van der Waals surface area contributed by atoms with E-state index in [2.05, 4.69) is 13.8 Å². The third-order valence-corrected chi connectivity index (χ3v) is 8.19. The number of hydrogen-bond acceptors (Lipinski definition) is 7. The van der Waals surface area contributed by atoms with Crippen LogP contribution in [0, 0.1) is 0 Å². The van der Waals surface area contributed by atoms with E-state index >= 15 is 0 Å². The number of alkyl halides is 1. The number of aliphatic hydroxyl groups excluding tert-OH is 2. The predicted octanol–water partition coefficient (Wildman–Crippen LogP) is 4.29. The Morgan fingerprint density at radius 1 is 0.886 bits per heavy atom. The van der Waals surface area contributed by atoms with Gasteiger partial charge in [-0.05, 0) is 48.2 Å². The molecule has 2 atom stereocenters. The van der Waals surface area contributed by atoms with E-state index in [0.717, 1.165) is 11.1 Å². The Morgan fingerprint density at radius 2 is 1.37 bits per heavy atom. The predicted molar refractivity (Wildman–Crippen MR) is 147 cm³/mol. The van der Waals surface area contributed by atoms with E-state index in [0.29, 0.717) is 30.9 Å². The first-order chi connectivity index (χ1) is 16.6. The van der Waals surface area contributed by atoms with Gasteiger partial charge in [-0.2, -0.15) is 0 Å². The van der Waals surface area contributed by atoms with Crippen molar-refractivity contribution >= 4 is 44.4 Å². The highest BCUT2D eigenvalue weighted by Crippen LogP contribution is 2.33. The van der Waals surface area contributed by atoms with Crippen LogP contribution in [0.5, 0.6) is 11.5 Å². The average molecular weight is 641 g/mol. The first-order valence-electron chi connectivity index (χ1n) is 11.4. The van der Waals surface area contributed by atoms with Gasteiger partial charge < -0.3 is 22.8 Å². The molecule has 0 bridgehead atoms. The van der Waals surface area contributed by atoms with Crippen molar-refractivity contribution in [2.24, 2.45) is 0 Å². The van der Waals surface area contributed by atoms with Crippen molar-refractivity contribution in [1.82, 2.24) is 0 Å². The van der Waals surface area contributed by atoms with Crippen molar-refractivity contribution in [2.75, 3.05) is 37.2 Å². The summed E-state index contributed by atoms with van der Waals surface area (Å²) >= 11 is 7.37. The maximum absolute atomic E-state index is 12.1. The Balaban J connectivity index is 1.89. The number of sulfone groups is 1. The molecular weight excluding hydrogens is 607 g/mol. The maximum atomic E-state index is 12.1.